The van der Waals surface area contributed by atoms with Gasteiger partial charge in [-0.05, 0) is 24.8 Å². The van der Waals surface area contributed by atoms with Gasteiger partial charge in [-0.2, -0.15) is 0 Å². The number of nitrogens with one attached hydrogen (secondary N) is 2. The van der Waals surface area contributed by atoms with Crippen LogP contribution in [0, 0.1) is 0 Å². The number of hydrogen-bond donors (Lipinski definition) is 2. The lowest BCUT2D eigenvalue weighted by atomic mass is 10.1. The van der Waals surface area contributed by atoms with Gasteiger partial charge in [-0.25, -0.2) is 9.98 Å². The van der Waals surface area contributed by atoms with Gasteiger partial charge in [0.25, 0.3) is 0 Å². The summed E-state index contributed by atoms with van der Waals surface area (Å²) in [5, 5.41) is 12.7. The molecule has 3 heterocycles. The maximum Gasteiger partial charge on any atom is 0.236 e. The highest BCUT2D eigenvalue weighted by Crippen LogP contribution is 2.23. The van der Waals surface area contributed by atoms with Gasteiger partial charge in [-0.15, -0.1) is 35.3 Å². The third-order valence-corrected chi connectivity index (χ3v) is 4.92. The van der Waals surface area contributed by atoms with Crippen molar-refractivity contribution in [3.63, 3.8) is 0 Å². The molecule has 3 rings (SSSR count). The van der Waals surface area contributed by atoms with E-state index in [4.69, 9.17) is 8.94 Å². The number of halogens is 1. The van der Waals surface area contributed by atoms with Crippen LogP contribution in [0.5, 0.6) is 0 Å². The first kappa shape index (κ1) is 22.4. The molecule has 28 heavy (non-hydrogen) atoms. The number of rotatable bonds is 8. The molecule has 2 N–H and O–H groups in total. The molecule has 0 spiro atoms. The van der Waals surface area contributed by atoms with Gasteiger partial charge < -0.3 is 19.6 Å². The fourth-order valence-electron chi connectivity index (χ4n) is 2.69. The first-order chi connectivity index (χ1) is 13.2. The molecule has 0 bridgehead atoms. The van der Waals surface area contributed by atoms with Gasteiger partial charge >= 0.3 is 0 Å². The lowest BCUT2D eigenvalue weighted by Gasteiger charge is -2.10. The van der Waals surface area contributed by atoms with Crippen molar-refractivity contribution in [1.82, 2.24) is 20.8 Å². The van der Waals surface area contributed by atoms with Crippen molar-refractivity contribution >= 4 is 41.3 Å². The molecule has 7 nitrogen and oxygen atoms in total. The van der Waals surface area contributed by atoms with E-state index >= 15 is 0 Å². The molecule has 0 aliphatic rings. The average molecular weight is 515 g/mol. The summed E-state index contributed by atoms with van der Waals surface area (Å²) in [6.45, 7) is 8.01. The van der Waals surface area contributed by atoms with E-state index in [1.807, 2.05) is 24.4 Å². The smallest absolute Gasteiger partial charge is 0.236 e. The largest absolute Gasteiger partial charge is 0.443 e. The molecule has 3 aromatic rings. The minimum Gasteiger partial charge on any atom is -0.443 e. The first-order valence-corrected chi connectivity index (χ1v) is 10.1. The van der Waals surface area contributed by atoms with Gasteiger partial charge in [0.1, 0.15) is 12.0 Å². The van der Waals surface area contributed by atoms with Crippen LogP contribution in [-0.2, 0) is 25.9 Å². The Morgan fingerprint density at radius 1 is 1.21 bits per heavy atom. The van der Waals surface area contributed by atoms with Crippen molar-refractivity contribution in [2.45, 2.75) is 46.7 Å². The summed E-state index contributed by atoms with van der Waals surface area (Å²) in [6, 6.07) is 3.98. The highest BCUT2D eigenvalue weighted by molar-refractivity contribution is 14.0. The Labute approximate surface area is 186 Å². The molecule has 9 heteroatoms. The number of thiophene rings is 1. The summed E-state index contributed by atoms with van der Waals surface area (Å²) in [7, 11) is 0. The Hall–Kier alpha value is -1.88. The number of aryl methyl sites for hydroxylation is 2. The van der Waals surface area contributed by atoms with Crippen LogP contribution < -0.4 is 10.6 Å². The van der Waals surface area contributed by atoms with Crippen molar-refractivity contribution < 1.29 is 8.94 Å². The lowest BCUT2D eigenvalue weighted by molar-refractivity contribution is 0.380. The number of aliphatic imine (C=N–C) groups is 1. The van der Waals surface area contributed by atoms with E-state index in [1.54, 1.807) is 17.6 Å². The Balaban J connectivity index is 0.00000280. The van der Waals surface area contributed by atoms with E-state index in [-0.39, 0.29) is 24.0 Å². The number of aromatic nitrogens is 2. The summed E-state index contributed by atoms with van der Waals surface area (Å²) in [4.78, 5) is 10.2. The van der Waals surface area contributed by atoms with Crippen LogP contribution in [0.4, 0.5) is 0 Å². The van der Waals surface area contributed by atoms with E-state index in [1.165, 1.54) is 0 Å². The molecule has 0 aromatic carbocycles. The van der Waals surface area contributed by atoms with E-state index < -0.39 is 0 Å². The van der Waals surface area contributed by atoms with Crippen LogP contribution in [0.1, 0.15) is 43.5 Å². The van der Waals surface area contributed by atoms with Crippen molar-refractivity contribution in [1.29, 1.82) is 0 Å². The standard InChI is InChI=1S/C19H25N5O2S.HI/c1-4-15-14(16(5-2)26-24-15)11-22-19(20-6-3)21-10-13-12-25-18(23-13)17-8-7-9-27-17;/h7-9,12H,4-6,10-11H2,1-3H3,(H2,20,21,22);1H. The van der Waals surface area contributed by atoms with Crippen LogP contribution in [-0.4, -0.2) is 22.6 Å². The van der Waals surface area contributed by atoms with Crippen LogP contribution in [0.25, 0.3) is 10.8 Å². The van der Waals surface area contributed by atoms with Crippen LogP contribution in [0.2, 0.25) is 0 Å². The first-order valence-electron chi connectivity index (χ1n) is 9.21. The fourth-order valence-corrected chi connectivity index (χ4v) is 3.35. The number of guanidine groups is 1. The maximum absolute atomic E-state index is 5.56. The summed E-state index contributed by atoms with van der Waals surface area (Å²) < 4.78 is 11.0. The Morgan fingerprint density at radius 2 is 2.07 bits per heavy atom. The molecular formula is C19H26IN5O2S. The zero-order chi connectivity index (χ0) is 19.1. The van der Waals surface area contributed by atoms with E-state index in [9.17, 15) is 0 Å². The Morgan fingerprint density at radius 3 is 2.75 bits per heavy atom. The lowest BCUT2D eigenvalue weighted by Crippen LogP contribution is -2.36. The third kappa shape index (κ3) is 5.57. The Kier molecular flexibility index (Phi) is 8.97. The molecule has 0 aliphatic heterocycles. The molecule has 0 amide bonds. The highest BCUT2D eigenvalue weighted by Gasteiger charge is 2.13. The monoisotopic (exact) mass is 515 g/mol. The van der Waals surface area contributed by atoms with Gasteiger partial charge in [0.15, 0.2) is 5.96 Å². The molecule has 0 atom stereocenters. The highest BCUT2D eigenvalue weighted by atomic mass is 127. The SMILES string of the molecule is CCNC(=NCc1c(CC)noc1CC)NCc1coc(-c2cccs2)n1.I. The van der Waals surface area contributed by atoms with Gasteiger partial charge in [0.2, 0.25) is 5.89 Å². The van der Waals surface area contributed by atoms with Gasteiger partial charge in [-0.3, -0.25) is 0 Å². The van der Waals surface area contributed by atoms with Gasteiger partial charge in [-0.1, -0.05) is 25.1 Å². The quantitative estimate of drug-likeness (QED) is 0.263. The second-order valence-electron chi connectivity index (χ2n) is 5.91. The van der Waals surface area contributed by atoms with Gasteiger partial charge in [0, 0.05) is 18.5 Å². The topological polar surface area (TPSA) is 88.5 Å². The summed E-state index contributed by atoms with van der Waals surface area (Å²) >= 11 is 1.61. The van der Waals surface area contributed by atoms with E-state index in [2.05, 4.69) is 39.6 Å². The average Bonchev–Trinajstić information content (AvgIpc) is 3.43. The van der Waals surface area contributed by atoms with Crippen LogP contribution >= 0.6 is 35.3 Å². The molecule has 152 valence electrons. The fraction of sp³-hybridized carbons (Fsp3) is 0.421. The number of hydrogen-bond acceptors (Lipinski definition) is 6. The van der Waals surface area contributed by atoms with E-state index in [0.717, 1.165) is 52.9 Å². The van der Waals surface area contributed by atoms with E-state index in [0.29, 0.717) is 19.0 Å². The minimum atomic E-state index is 0. The minimum absolute atomic E-state index is 0. The zero-order valence-electron chi connectivity index (χ0n) is 16.3. The van der Waals surface area contributed by atoms with Crippen molar-refractivity contribution in [3.05, 3.63) is 46.5 Å². The molecule has 0 fully saturated rings. The van der Waals surface area contributed by atoms with Crippen molar-refractivity contribution in [3.8, 4) is 10.8 Å². The molecular weight excluding hydrogens is 489 g/mol. The summed E-state index contributed by atoms with van der Waals surface area (Å²) in [6.07, 6.45) is 3.32. The van der Waals surface area contributed by atoms with Crippen molar-refractivity contribution in [2.75, 3.05) is 6.54 Å². The second kappa shape index (κ2) is 11.2. The number of nitrogens with zero attached hydrogens (tertiary/aromatic N) is 3. The third-order valence-electron chi connectivity index (χ3n) is 4.07. The molecule has 0 unspecified atom stereocenters. The summed E-state index contributed by atoms with van der Waals surface area (Å²) in [5.41, 5.74) is 2.89. The number of oxazole rings is 1. The summed E-state index contributed by atoms with van der Waals surface area (Å²) in [5.74, 6) is 2.28. The molecule has 3 aromatic heterocycles. The second-order valence-corrected chi connectivity index (χ2v) is 6.86. The van der Waals surface area contributed by atoms with Gasteiger partial charge in [0.05, 0.1) is 29.4 Å². The normalized spacial score (nSPS) is 11.3. The zero-order valence-corrected chi connectivity index (χ0v) is 19.5. The maximum atomic E-state index is 5.56. The van der Waals surface area contributed by atoms with Crippen LogP contribution in [0.3, 0.4) is 0 Å². The predicted octanol–water partition coefficient (Wildman–Crippen LogP) is 4.39. The van der Waals surface area contributed by atoms with Crippen LogP contribution in [0.15, 0.2) is 37.7 Å². The molecule has 0 aliphatic carbocycles. The Bertz CT molecular complexity index is 851. The molecule has 0 saturated carbocycles. The molecule has 0 radical (unpaired) electrons. The molecule has 0 saturated heterocycles. The van der Waals surface area contributed by atoms with Crippen molar-refractivity contribution in [2.24, 2.45) is 4.99 Å². The predicted molar refractivity (Wildman–Crippen MR) is 122 cm³/mol.